The first-order chi connectivity index (χ1) is 8.39. The Labute approximate surface area is 101 Å². The third kappa shape index (κ3) is 2.29. The first kappa shape index (κ1) is 12.4. The van der Waals surface area contributed by atoms with E-state index in [2.05, 4.69) is 10.1 Å². The second kappa shape index (κ2) is 4.32. The maximum absolute atomic E-state index is 12.6. The van der Waals surface area contributed by atoms with Crippen molar-refractivity contribution < 1.29 is 13.2 Å². The zero-order chi connectivity index (χ0) is 13.3. The molecular formula is C11H11F3N4. The van der Waals surface area contributed by atoms with E-state index in [0.29, 0.717) is 5.69 Å². The van der Waals surface area contributed by atoms with Gasteiger partial charge in [-0.15, -0.1) is 5.10 Å². The molecule has 0 N–H and O–H groups in total. The van der Waals surface area contributed by atoms with Crippen LogP contribution in [0.1, 0.15) is 5.82 Å². The van der Waals surface area contributed by atoms with Gasteiger partial charge in [0.1, 0.15) is 0 Å². The van der Waals surface area contributed by atoms with Crippen molar-refractivity contribution >= 4 is 5.69 Å². The molecule has 0 atom stereocenters. The summed E-state index contributed by atoms with van der Waals surface area (Å²) < 4.78 is 40.0. The molecule has 0 radical (unpaired) electrons. The fraction of sp³-hybridized carbons (Fsp3) is 0.273. The van der Waals surface area contributed by atoms with Crippen molar-refractivity contribution in [1.82, 2.24) is 14.3 Å². The van der Waals surface area contributed by atoms with E-state index in [9.17, 15) is 13.2 Å². The summed E-state index contributed by atoms with van der Waals surface area (Å²) in [6, 6.07) is 8.75. The van der Waals surface area contributed by atoms with Gasteiger partial charge in [0.25, 0.3) is 0 Å². The van der Waals surface area contributed by atoms with E-state index in [4.69, 9.17) is 0 Å². The molecule has 0 unspecified atom stereocenters. The standard InChI is InChI=1S/C11H11F3N4/c1-17-9(11(12,13)14)16-18(2)10(17)15-8-6-4-3-5-7-8/h3-7H,1-2H3. The van der Waals surface area contributed by atoms with Gasteiger partial charge < -0.3 is 0 Å². The summed E-state index contributed by atoms with van der Waals surface area (Å²) in [6.07, 6.45) is -4.49. The monoisotopic (exact) mass is 256 g/mol. The Morgan fingerprint density at radius 2 is 1.72 bits per heavy atom. The van der Waals surface area contributed by atoms with Crippen molar-refractivity contribution in [3.63, 3.8) is 0 Å². The third-order valence-electron chi connectivity index (χ3n) is 2.39. The molecule has 0 aliphatic carbocycles. The minimum atomic E-state index is -4.49. The predicted octanol–water partition coefficient (Wildman–Crippen LogP) is 2.01. The highest BCUT2D eigenvalue weighted by molar-refractivity contribution is 5.35. The Morgan fingerprint density at radius 1 is 1.11 bits per heavy atom. The first-order valence-corrected chi connectivity index (χ1v) is 5.16. The smallest absolute Gasteiger partial charge is 0.293 e. The highest BCUT2D eigenvalue weighted by Crippen LogP contribution is 2.26. The highest BCUT2D eigenvalue weighted by atomic mass is 19.4. The molecule has 0 saturated carbocycles. The van der Waals surface area contributed by atoms with E-state index in [1.54, 1.807) is 24.3 Å². The summed E-state index contributed by atoms with van der Waals surface area (Å²) in [6.45, 7) is 0. The Balaban J connectivity index is 2.60. The van der Waals surface area contributed by atoms with E-state index in [1.807, 2.05) is 6.07 Å². The van der Waals surface area contributed by atoms with Gasteiger partial charge >= 0.3 is 6.18 Å². The SMILES string of the molecule is Cn1nc(C(F)(F)F)n(C)c1=Nc1ccccc1. The number of para-hydroxylation sites is 1. The number of aromatic nitrogens is 3. The second-order valence-corrected chi connectivity index (χ2v) is 3.75. The lowest BCUT2D eigenvalue weighted by Gasteiger charge is -2.03. The largest absolute Gasteiger partial charge is 0.451 e. The van der Waals surface area contributed by atoms with Crippen LogP contribution in [0.3, 0.4) is 0 Å². The van der Waals surface area contributed by atoms with Crippen LogP contribution in [0.2, 0.25) is 0 Å². The van der Waals surface area contributed by atoms with E-state index < -0.39 is 12.0 Å². The number of aryl methyl sites for hydroxylation is 1. The van der Waals surface area contributed by atoms with Gasteiger partial charge in [-0.1, -0.05) is 18.2 Å². The molecule has 4 nitrogen and oxygen atoms in total. The average Bonchev–Trinajstić information content (AvgIpc) is 2.58. The van der Waals surface area contributed by atoms with Gasteiger partial charge in [-0.05, 0) is 12.1 Å². The van der Waals surface area contributed by atoms with Crippen LogP contribution in [-0.2, 0) is 20.3 Å². The zero-order valence-electron chi connectivity index (χ0n) is 9.81. The van der Waals surface area contributed by atoms with Gasteiger partial charge in [-0.25, -0.2) is 9.67 Å². The molecule has 7 heteroatoms. The van der Waals surface area contributed by atoms with Gasteiger partial charge in [0.15, 0.2) is 0 Å². The lowest BCUT2D eigenvalue weighted by Crippen LogP contribution is -2.24. The Hall–Kier alpha value is -2.05. The Morgan fingerprint density at radius 3 is 2.22 bits per heavy atom. The molecule has 96 valence electrons. The fourth-order valence-corrected chi connectivity index (χ4v) is 1.58. The molecule has 1 heterocycles. The average molecular weight is 256 g/mol. The van der Waals surface area contributed by atoms with Crippen LogP contribution in [0.5, 0.6) is 0 Å². The molecular weight excluding hydrogens is 245 g/mol. The maximum atomic E-state index is 12.6. The van der Waals surface area contributed by atoms with Crippen LogP contribution in [0.4, 0.5) is 18.9 Å². The molecule has 0 amide bonds. The van der Waals surface area contributed by atoms with Crippen molar-refractivity contribution in [1.29, 1.82) is 0 Å². The van der Waals surface area contributed by atoms with E-state index in [0.717, 1.165) is 9.25 Å². The summed E-state index contributed by atoms with van der Waals surface area (Å²) in [4.78, 5) is 4.14. The van der Waals surface area contributed by atoms with E-state index in [-0.39, 0.29) is 5.62 Å². The summed E-state index contributed by atoms with van der Waals surface area (Å²) in [5.41, 5.74) is 0.707. The van der Waals surface area contributed by atoms with E-state index in [1.165, 1.54) is 14.1 Å². The normalized spacial score (nSPS) is 13.1. The number of alkyl halides is 3. The number of hydrogen-bond donors (Lipinski definition) is 0. The van der Waals surface area contributed by atoms with Gasteiger partial charge in [0.05, 0.1) is 5.69 Å². The molecule has 18 heavy (non-hydrogen) atoms. The van der Waals surface area contributed by atoms with Crippen LogP contribution in [0.25, 0.3) is 0 Å². The zero-order valence-corrected chi connectivity index (χ0v) is 9.81. The lowest BCUT2D eigenvalue weighted by molar-refractivity contribution is -0.147. The number of benzene rings is 1. The molecule has 0 bridgehead atoms. The van der Waals surface area contributed by atoms with Crippen LogP contribution in [0, 0.1) is 0 Å². The van der Waals surface area contributed by atoms with Crippen molar-refractivity contribution in [2.24, 2.45) is 19.1 Å². The molecule has 0 fully saturated rings. The maximum Gasteiger partial charge on any atom is 0.451 e. The number of halogens is 3. The minimum Gasteiger partial charge on any atom is -0.293 e. The molecule has 2 aromatic rings. The molecule has 0 aliphatic rings. The summed E-state index contributed by atoms with van der Waals surface area (Å²) in [5.74, 6) is -0.973. The van der Waals surface area contributed by atoms with Gasteiger partial charge in [0, 0.05) is 14.1 Å². The Kier molecular flexibility index (Phi) is 2.98. The molecule has 0 aliphatic heterocycles. The van der Waals surface area contributed by atoms with Crippen molar-refractivity contribution in [3.05, 3.63) is 41.8 Å². The minimum absolute atomic E-state index is 0.133. The van der Waals surface area contributed by atoms with E-state index >= 15 is 0 Å². The van der Waals surface area contributed by atoms with Crippen LogP contribution in [0.15, 0.2) is 35.3 Å². The highest BCUT2D eigenvalue weighted by Gasteiger charge is 2.37. The predicted molar refractivity (Wildman–Crippen MR) is 58.8 cm³/mol. The lowest BCUT2D eigenvalue weighted by atomic mass is 10.3. The molecule has 1 aromatic heterocycles. The van der Waals surface area contributed by atoms with Gasteiger partial charge in [-0.2, -0.15) is 13.2 Å². The summed E-state index contributed by atoms with van der Waals surface area (Å²) >= 11 is 0. The van der Waals surface area contributed by atoms with Crippen molar-refractivity contribution in [2.45, 2.75) is 6.18 Å². The third-order valence-corrected chi connectivity index (χ3v) is 2.39. The summed E-state index contributed by atoms with van der Waals surface area (Å²) in [5, 5.41) is 3.44. The molecule has 0 saturated heterocycles. The Bertz CT molecular complexity index is 607. The number of hydrogen-bond acceptors (Lipinski definition) is 2. The number of rotatable bonds is 1. The van der Waals surface area contributed by atoms with Crippen LogP contribution >= 0.6 is 0 Å². The van der Waals surface area contributed by atoms with Crippen LogP contribution in [-0.4, -0.2) is 14.3 Å². The first-order valence-electron chi connectivity index (χ1n) is 5.16. The van der Waals surface area contributed by atoms with Crippen molar-refractivity contribution in [3.8, 4) is 0 Å². The molecule has 2 rings (SSSR count). The number of nitrogens with zero attached hydrogens (tertiary/aromatic N) is 4. The molecule has 0 spiro atoms. The second-order valence-electron chi connectivity index (χ2n) is 3.75. The summed E-state index contributed by atoms with van der Waals surface area (Å²) in [7, 11) is 2.72. The molecule has 1 aromatic carbocycles. The van der Waals surface area contributed by atoms with Crippen LogP contribution < -0.4 is 5.62 Å². The topological polar surface area (TPSA) is 35.1 Å². The van der Waals surface area contributed by atoms with Gasteiger partial charge in [-0.3, -0.25) is 4.57 Å². The van der Waals surface area contributed by atoms with Crippen molar-refractivity contribution in [2.75, 3.05) is 0 Å². The fourth-order valence-electron chi connectivity index (χ4n) is 1.58. The van der Waals surface area contributed by atoms with Gasteiger partial charge in [0.2, 0.25) is 11.4 Å². The quantitative estimate of drug-likeness (QED) is 0.768.